The monoisotopic (exact) mass is 258 g/mol. The second-order valence-corrected chi connectivity index (χ2v) is 4.58. The SMILES string of the molecule is COc1cc(O)ccc1-c1ccc(C)c(C)c1CO. The third kappa shape index (κ3) is 2.42. The van der Waals surface area contributed by atoms with Crippen molar-refractivity contribution in [1.82, 2.24) is 0 Å². The molecule has 19 heavy (non-hydrogen) atoms. The Kier molecular flexibility index (Phi) is 3.76. The largest absolute Gasteiger partial charge is 0.508 e. The molecular formula is C16H18O3. The first-order valence-electron chi connectivity index (χ1n) is 6.15. The molecule has 2 aromatic rings. The standard InChI is InChI=1S/C16H18O3/c1-10-4-6-13(15(9-17)11(10)2)14-7-5-12(18)8-16(14)19-3/h4-8,17-18H,9H2,1-3H3. The third-order valence-electron chi connectivity index (χ3n) is 3.50. The van der Waals surface area contributed by atoms with E-state index in [1.165, 1.54) is 0 Å². The lowest BCUT2D eigenvalue weighted by atomic mass is 9.93. The van der Waals surface area contributed by atoms with Crippen LogP contribution in [0.3, 0.4) is 0 Å². The molecule has 0 radical (unpaired) electrons. The minimum atomic E-state index is -0.0210. The van der Waals surface area contributed by atoms with Crippen molar-refractivity contribution in [2.24, 2.45) is 0 Å². The van der Waals surface area contributed by atoms with Gasteiger partial charge in [-0.3, -0.25) is 0 Å². The van der Waals surface area contributed by atoms with Crippen LogP contribution in [-0.2, 0) is 6.61 Å². The molecule has 0 saturated carbocycles. The average Bonchev–Trinajstić information content (AvgIpc) is 2.41. The Morgan fingerprint density at radius 1 is 1.05 bits per heavy atom. The summed E-state index contributed by atoms with van der Waals surface area (Å²) in [6, 6.07) is 9.00. The fourth-order valence-corrected chi connectivity index (χ4v) is 2.23. The summed E-state index contributed by atoms with van der Waals surface area (Å²) in [5, 5.41) is 19.1. The van der Waals surface area contributed by atoms with Crippen LogP contribution in [0.5, 0.6) is 11.5 Å². The van der Waals surface area contributed by atoms with Crippen LogP contribution in [0.2, 0.25) is 0 Å². The maximum Gasteiger partial charge on any atom is 0.130 e. The van der Waals surface area contributed by atoms with E-state index in [0.29, 0.717) is 5.75 Å². The number of rotatable bonds is 3. The van der Waals surface area contributed by atoms with Crippen molar-refractivity contribution in [3.05, 3.63) is 47.0 Å². The lowest BCUT2D eigenvalue weighted by Gasteiger charge is -2.15. The molecule has 0 aliphatic heterocycles. The van der Waals surface area contributed by atoms with Crippen molar-refractivity contribution in [2.45, 2.75) is 20.5 Å². The highest BCUT2D eigenvalue weighted by atomic mass is 16.5. The molecule has 0 saturated heterocycles. The van der Waals surface area contributed by atoms with Crippen molar-refractivity contribution in [3.8, 4) is 22.6 Å². The van der Waals surface area contributed by atoms with E-state index in [9.17, 15) is 10.2 Å². The van der Waals surface area contributed by atoms with Crippen molar-refractivity contribution in [3.63, 3.8) is 0 Å². The summed E-state index contributed by atoms with van der Waals surface area (Å²) in [7, 11) is 1.57. The Morgan fingerprint density at radius 3 is 2.37 bits per heavy atom. The molecule has 0 fully saturated rings. The van der Waals surface area contributed by atoms with E-state index >= 15 is 0 Å². The van der Waals surface area contributed by atoms with Crippen molar-refractivity contribution in [2.75, 3.05) is 7.11 Å². The van der Waals surface area contributed by atoms with Crippen LogP contribution in [0.15, 0.2) is 30.3 Å². The van der Waals surface area contributed by atoms with Gasteiger partial charge in [-0.05, 0) is 48.2 Å². The number of phenols is 1. The molecule has 0 bridgehead atoms. The molecule has 0 atom stereocenters. The molecule has 0 aliphatic carbocycles. The third-order valence-corrected chi connectivity index (χ3v) is 3.50. The molecule has 0 amide bonds. The van der Waals surface area contributed by atoms with Gasteiger partial charge in [0.05, 0.1) is 13.7 Å². The fraction of sp³-hybridized carbons (Fsp3) is 0.250. The summed E-state index contributed by atoms with van der Waals surface area (Å²) in [6.07, 6.45) is 0. The van der Waals surface area contributed by atoms with Crippen LogP contribution < -0.4 is 4.74 Å². The van der Waals surface area contributed by atoms with Gasteiger partial charge in [0.1, 0.15) is 11.5 Å². The van der Waals surface area contributed by atoms with Crippen molar-refractivity contribution in [1.29, 1.82) is 0 Å². The second-order valence-electron chi connectivity index (χ2n) is 4.58. The van der Waals surface area contributed by atoms with E-state index in [4.69, 9.17) is 4.74 Å². The van der Waals surface area contributed by atoms with Gasteiger partial charge in [-0.1, -0.05) is 12.1 Å². The first-order chi connectivity index (χ1) is 9.08. The zero-order chi connectivity index (χ0) is 14.0. The highest BCUT2D eigenvalue weighted by Gasteiger charge is 2.13. The zero-order valence-corrected chi connectivity index (χ0v) is 11.4. The minimum absolute atomic E-state index is 0.0210. The highest BCUT2D eigenvalue weighted by Crippen LogP contribution is 2.36. The molecular weight excluding hydrogens is 240 g/mol. The van der Waals surface area contributed by atoms with E-state index in [0.717, 1.165) is 27.8 Å². The predicted octanol–water partition coefficient (Wildman–Crippen LogP) is 3.18. The van der Waals surface area contributed by atoms with Crippen LogP contribution in [-0.4, -0.2) is 17.3 Å². The number of benzene rings is 2. The maximum atomic E-state index is 9.61. The van der Waals surface area contributed by atoms with Gasteiger partial charge >= 0.3 is 0 Å². The van der Waals surface area contributed by atoms with Gasteiger partial charge < -0.3 is 14.9 Å². The van der Waals surface area contributed by atoms with Crippen molar-refractivity contribution >= 4 is 0 Å². The molecule has 3 nitrogen and oxygen atoms in total. The van der Waals surface area contributed by atoms with Gasteiger partial charge in [0.2, 0.25) is 0 Å². The number of aryl methyl sites for hydroxylation is 1. The minimum Gasteiger partial charge on any atom is -0.508 e. The first-order valence-corrected chi connectivity index (χ1v) is 6.15. The molecule has 0 aliphatic rings. The summed E-state index contributed by atoms with van der Waals surface area (Å²) in [6.45, 7) is 4.00. The van der Waals surface area contributed by atoms with E-state index in [1.807, 2.05) is 26.0 Å². The maximum absolute atomic E-state index is 9.61. The van der Waals surface area contributed by atoms with Crippen LogP contribution in [0.1, 0.15) is 16.7 Å². The lowest BCUT2D eigenvalue weighted by molar-refractivity contribution is 0.281. The van der Waals surface area contributed by atoms with Gasteiger partial charge in [0.15, 0.2) is 0 Å². The van der Waals surface area contributed by atoms with E-state index in [-0.39, 0.29) is 12.4 Å². The quantitative estimate of drug-likeness (QED) is 0.889. The number of hydrogen-bond donors (Lipinski definition) is 2. The summed E-state index contributed by atoms with van der Waals surface area (Å²) in [5.41, 5.74) is 4.92. The molecule has 0 unspecified atom stereocenters. The second kappa shape index (κ2) is 5.33. The molecule has 2 aromatic carbocycles. The van der Waals surface area contributed by atoms with E-state index < -0.39 is 0 Å². The summed E-state index contributed by atoms with van der Waals surface area (Å²) in [4.78, 5) is 0. The summed E-state index contributed by atoms with van der Waals surface area (Å²) in [5.74, 6) is 0.757. The molecule has 100 valence electrons. The van der Waals surface area contributed by atoms with E-state index in [1.54, 1.807) is 25.3 Å². The normalized spacial score (nSPS) is 10.5. The predicted molar refractivity (Wildman–Crippen MR) is 75.5 cm³/mol. The highest BCUT2D eigenvalue weighted by molar-refractivity contribution is 5.75. The Hall–Kier alpha value is -2.00. The number of aliphatic hydroxyl groups is 1. The van der Waals surface area contributed by atoms with E-state index in [2.05, 4.69) is 0 Å². The number of hydrogen-bond acceptors (Lipinski definition) is 3. The first kappa shape index (κ1) is 13.4. The van der Waals surface area contributed by atoms with Gasteiger partial charge in [0.25, 0.3) is 0 Å². The molecule has 2 N–H and O–H groups in total. The van der Waals surface area contributed by atoms with Crippen LogP contribution in [0, 0.1) is 13.8 Å². The number of methoxy groups -OCH3 is 1. The summed E-state index contributed by atoms with van der Waals surface area (Å²) < 4.78 is 5.31. The molecule has 3 heteroatoms. The topological polar surface area (TPSA) is 49.7 Å². The Bertz CT molecular complexity index is 603. The molecule has 2 rings (SSSR count). The number of aromatic hydroxyl groups is 1. The van der Waals surface area contributed by atoms with Gasteiger partial charge in [-0.15, -0.1) is 0 Å². The number of ether oxygens (including phenoxy) is 1. The Morgan fingerprint density at radius 2 is 1.74 bits per heavy atom. The van der Waals surface area contributed by atoms with Crippen LogP contribution in [0.25, 0.3) is 11.1 Å². The zero-order valence-electron chi connectivity index (χ0n) is 11.4. The van der Waals surface area contributed by atoms with Crippen LogP contribution in [0.4, 0.5) is 0 Å². The number of aliphatic hydroxyl groups excluding tert-OH is 1. The molecule has 0 heterocycles. The molecule has 0 spiro atoms. The Labute approximate surface area is 113 Å². The van der Waals surface area contributed by atoms with Gasteiger partial charge in [-0.2, -0.15) is 0 Å². The molecule has 0 aromatic heterocycles. The Balaban J connectivity index is 2.68. The van der Waals surface area contributed by atoms with Gasteiger partial charge in [0, 0.05) is 11.6 Å². The van der Waals surface area contributed by atoms with Crippen LogP contribution >= 0.6 is 0 Å². The summed E-state index contributed by atoms with van der Waals surface area (Å²) >= 11 is 0. The lowest BCUT2D eigenvalue weighted by Crippen LogP contribution is -1.97. The van der Waals surface area contributed by atoms with Gasteiger partial charge in [-0.25, -0.2) is 0 Å². The fourth-order valence-electron chi connectivity index (χ4n) is 2.23. The number of phenolic OH excluding ortho intramolecular Hbond substituents is 1. The van der Waals surface area contributed by atoms with Crippen molar-refractivity contribution < 1.29 is 14.9 Å². The smallest absolute Gasteiger partial charge is 0.130 e. The average molecular weight is 258 g/mol.